The number of aryl methyl sites for hydroxylation is 1. The summed E-state index contributed by atoms with van der Waals surface area (Å²) in [6.07, 6.45) is -3.05. The highest BCUT2D eigenvalue weighted by molar-refractivity contribution is 6.01. The summed E-state index contributed by atoms with van der Waals surface area (Å²) in [5.41, 5.74) is 1.67. The Morgan fingerprint density at radius 3 is 2.43 bits per heavy atom. The maximum Gasteiger partial charge on any atom is 0.416 e. The van der Waals surface area contributed by atoms with Crippen molar-refractivity contribution in [3.8, 4) is 0 Å². The first-order valence-corrected chi connectivity index (χ1v) is 11.1. The van der Waals surface area contributed by atoms with Gasteiger partial charge in [-0.2, -0.15) is 13.2 Å². The highest BCUT2D eigenvalue weighted by Gasteiger charge is 2.30. The van der Waals surface area contributed by atoms with Crippen molar-refractivity contribution in [1.29, 1.82) is 0 Å². The Labute approximate surface area is 209 Å². The van der Waals surface area contributed by atoms with Crippen molar-refractivity contribution in [2.45, 2.75) is 20.0 Å². The number of hydrogen-bond donors (Lipinski definition) is 3. The predicted molar refractivity (Wildman–Crippen MR) is 132 cm³/mol. The number of alkyl halides is 3. The molecule has 12 heteroatoms. The lowest BCUT2D eigenvalue weighted by molar-refractivity contribution is -0.137. The van der Waals surface area contributed by atoms with Crippen molar-refractivity contribution >= 4 is 46.0 Å². The molecule has 2 aromatic carbocycles. The molecular formula is C25H21F3N6O3. The molecule has 0 aliphatic carbocycles. The number of ether oxygens (including phenoxy) is 1. The van der Waals surface area contributed by atoms with E-state index in [1.165, 1.54) is 18.3 Å². The Balaban J connectivity index is 1.46. The largest absolute Gasteiger partial charge is 0.462 e. The van der Waals surface area contributed by atoms with Gasteiger partial charge in [0.15, 0.2) is 11.5 Å². The van der Waals surface area contributed by atoms with E-state index in [4.69, 9.17) is 4.74 Å². The van der Waals surface area contributed by atoms with E-state index in [2.05, 4.69) is 30.9 Å². The van der Waals surface area contributed by atoms with Gasteiger partial charge in [0.05, 0.1) is 35.3 Å². The van der Waals surface area contributed by atoms with E-state index in [9.17, 15) is 22.8 Å². The molecule has 0 bridgehead atoms. The Morgan fingerprint density at radius 1 is 0.973 bits per heavy atom. The zero-order valence-corrected chi connectivity index (χ0v) is 19.7. The van der Waals surface area contributed by atoms with Crippen LogP contribution in [0.1, 0.15) is 28.5 Å². The lowest BCUT2D eigenvalue weighted by Gasteiger charge is -2.12. The van der Waals surface area contributed by atoms with Crippen LogP contribution in [0.4, 0.5) is 40.8 Å². The second-order valence-electron chi connectivity index (χ2n) is 7.80. The van der Waals surface area contributed by atoms with E-state index in [-0.39, 0.29) is 12.3 Å². The monoisotopic (exact) mass is 510 g/mol. The topological polar surface area (TPSA) is 118 Å². The van der Waals surface area contributed by atoms with Crippen LogP contribution in [0.2, 0.25) is 0 Å². The van der Waals surface area contributed by atoms with Crippen molar-refractivity contribution in [2.24, 2.45) is 0 Å². The number of aromatic nitrogens is 3. The van der Waals surface area contributed by atoms with E-state index in [0.717, 1.165) is 12.1 Å². The molecule has 37 heavy (non-hydrogen) atoms. The van der Waals surface area contributed by atoms with Crippen LogP contribution >= 0.6 is 0 Å². The van der Waals surface area contributed by atoms with E-state index in [1.54, 1.807) is 44.2 Å². The standard InChI is InChI=1S/C25H21F3N6O3/c1-3-37-23(35)15-7-9-17(10-8-15)31-21-13-29-20-12-19(14(2)30-22(20)34-21)33-24(36)32-18-6-4-5-16(11-18)25(26,27)28/h4-13H,3H2,1-2H3,(H,30,31,34)(H2,32,33,36). The summed E-state index contributed by atoms with van der Waals surface area (Å²) in [7, 11) is 0. The zero-order chi connectivity index (χ0) is 26.6. The molecule has 4 rings (SSSR count). The van der Waals surface area contributed by atoms with Crippen LogP contribution < -0.4 is 16.0 Å². The molecule has 0 aliphatic heterocycles. The van der Waals surface area contributed by atoms with Crippen LogP contribution in [0.25, 0.3) is 11.2 Å². The van der Waals surface area contributed by atoms with Crippen molar-refractivity contribution in [2.75, 3.05) is 22.6 Å². The van der Waals surface area contributed by atoms with Crippen LogP contribution in [-0.2, 0) is 10.9 Å². The van der Waals surface area contributed by atoms with Gasteiger partial charge >= 0.3 is 18.2 Å². The van der Waals surface area contributed by atoms with Gasteiger partial charge in [-0.1, -0.05) is 6.07 Å². The van der Waals surface area contributed by atoms with Crippen LogP contribution in [0.3, 0.4) is 0 Å². The van der Waals surface area contributed by atoms with E-state index < -0.39 is 23.7 Å². The van der Waals surface area contributed by atoms with Crippen LogP contribution in [-0.4, -0.2) is 33.6 Å². The van der Waals surface area contributed by atoms with E-state index >= 15 is 0 Å². The molecule has 4 aromatic rings. The smallest absolute Gasteiger partial charge is 0.416 e. The first kappa shape index (κ1) is 25.4. The fourth-order valence-electron chi connectivity index (χ4n) is 3.33. The number of halogens is 3. The van der Waals surface area contributed by atoms with E-state index in [0.29, 0.717) is 39.6 Å². The molecule has 0 saturated carbocycles. The molecule has 0 unspecified atom stereocenters. The van der Waals surface area contributed by atoms with Crippen molar-refractivity contribution in [3.63, 3.8) is 0 Å². The molecule has 0 saturated heterocycles. The fourth-order valence-corrected chi connectivity index (χ4v) is 3.33. The lowest BCUT2D eigenvalue weighted by atomic mass is 10.2. The number of amides is 2. The highest BCUT2D eigenvalue weighted by atomic mass is 19.4. The molecule has 2 aromatic heterocycles. The SMILES string of the molecule is CCOC(=O)c1ccc(Nc2cnc3cc(NC(=O)Nc4cccc(C(F)(F)F)c4)c(C)nc3n2)cc1. The Hall–Kier alpha value is -4.74. The number of urea groups is 1. The maximum absolute atomic E-state index is 12.9. The summed E-state index contributed by atoms with van der Waals surface area (Å²) in [5.74, 6) is -0.00146. The van der Waals surface area contributed by atoms with Crippen molar-refractivity contribution in [3.05, 3.63) is 77.6 Å². The van der Waals surface area contributed by atoms with Gasteiger partial charge in [-0.25, -0.2) is 24.5 Å². The number of rotatable bonds is 6. The minimum atomic E-state index is -4.52. The molecule has 0 radical (unpaired) electrons. The van der Waals surface area contributed by atoms with Gasteiger partial charge in [-0.15, -0.1) is 0 Å². The zero-order valence-electron chi connectivity index (χ0n) is 19.7. The first-order chi connectivity index (χ1) is 17.6. The third-order valence-corrected chi connectivity index (χ3v) is 5.09. The summed E-state index contributed by atoms with van der Waals surface area (Å²) < 4.78 is 43.7. The van der Waals surface area contributed by atoms with Gasteiger partial charge in [-0.3, -0.25) is 0 Å². The van der Waals surface area contributed by atoms with Crippen molar-refractivity contribution < 1.29 is 27.5 Å². The number of anilines is 4. The van der Waals surface area contributed by atoms with E-state index in [1.807, 2.05) is 0 Å². The first-order valence-electron chi connectivity index (χ1n) is 11.1. The molecule has 2 heterocycles. The van der Waals surface area contributed by atoms with Gasteiger partial charge < -0.3 is 20.7 Å². The van der Waals surface area contributed by atoms with Crippen LogP contribution in [0.15, 0.2) is 60.8 Å². The third-order valence-electron chi connectivity index (χ3n) is 5.09. The molecular weight excluding hydrogens is 489 g/mol. The minimum absolute atomic E-state index is 0.00970. The number of esters is 1. The summed E-state index contributed by atoms with van der Waals surface area (Å²) in [5, 5.41) is 8.03. The molecule has 3 N–H and O–H groups in total. The number of nitrogens with one attached hydrogen (secondary N) is 3. The van der Waals surface area contributed by atoms with Gasteiger partial charge in [-0.05, 0) is 62.4 Å². The number of carbonyl (C=O) groups excluding carboxylic acids is 2. The summed E-state index contributed by atoms with van der Waals surface area (Å²) in [6.45, 7) is 3.67. The minimum Gasteiger partial charge on any atom is -0.462 e. The van der Waals surface area contributed by atoms with Gasteiger partial charge in [0.2, 0.25) is 0 Å². The Bertz CT molecular complexity index is 1460. The maximum atomic E-state index is 12.9. The average Bonchev–Trinajstić information content (AvgIpc) is 2.85. The normalized spacial score (nSPS) is 11.2. The number of hydrogen-bond acceptors (Lipinski definition) is 7. The average molecular weight is 510 g/mol. The Morgan fingerprint density at radius 2 is 1.73 bits per heavy atom. The Kier molecular flexibility index (Phi) is 7.18. The summed E-state index contributed by atoms with van der Waals surface area (Å²) >= 11 is 0. The van der Waals surface area contributed by atoms with Gasteiger partial charge in [0.25, 0.3) is 0 Å². The molecule has 0 aliphatic rings. The molecule has 9 nitrogen and oxygen atoms in total. The lowest BCUT2D eigenvalue weighted by Crippen LogP contribution is -2.20. The number of fused-ring (bicyclic) bond motifs is 1. The highest BCUT2D eigenvalue weighted by Crippen LogP contribution is 2.30. The predicted octanol–water partition coefficient (Wildman–Crippen LogP) is 5.92. The fraction of sp³-hybridized carbons (Fsp3) is 0.160. The van der Waals surface area contributed by atoms with Gasteiger partial charge in [0.1, 0.15) is 5.52 Å². The quantitative estimate of drug-likeness (QED) is 0.276. The molecule has 2 amide bonds. The molecule has 0 fully saturated rings. The summed E-state index contributed by atoms with van der Waals surface area (Å²) in [4.78, 5) is 37.3. The van der Waals surface area contributed by atoms with Crippen LogP contribution in [0, 0.1) is 6.92 Å². The number of pyridine rings is 1. The third kappa shape index (κ3) is 6.28. The van der Waals surface area contributed by atoms with Gasteiger partial charge in [0, 0.05) is 11.4 Å². The molecule has 0 spiro atoms. The number of nitrogens with zero attached hydrogens (tertiary/aromatic N) is 3. The number of benzene rings is 2. The van der Waals surface area contributed by atoms with Crippen LogP contribution in [0.5, 0.6) is 0 Å². The second-order valence-corrected chi connectivity index (χ2v) is 7.80. The molecule has 0 atom stereocenters. The van der Waals surface area contributed by atoms with Crippen molar-refractivity contribution in [1.82, 2.24) is 15.0 Å². The summed E-state index contributed by atoms with van der Waals surface area (Å²) in [6, 6.07) is 11.8. The number of carbonyl (C=O) groups is 2. The molecule has 190 valence electrons. The second kappa shape index (κ2) is 10.5.